The second-order valence-electron chi connectivity index (χ2n) is 8.53. The summed E-state index contributed by atoms with van der Waals surface area (Å²) in [4.78, 5) is 0. The molecule has 3 heteroatoms. The summed E-state index contributed by atoms with van der Waals surface area (Å²) in [7, 11) is 0. The molecule has 1 atom stereocenters. The SMILES string of the molecule is Cc1cccc2c1-c1c(C3CCCCC3)c3ccccc3n1CC(CO)CO2. The molecule has 1 N–H and O–H groups in total. The van der Waals surface area contributed by atoms with Gasteiger partial charge in [0.05, 0.1) is 18.9 Å². The number of aliphatic hydroxyl groups excluding tert-OH is 1. The van der Waals surface area contributed by atoms with E-state index in [9.17, 15) is 5.11 Å². The zero-order valence-corrected chi connectivity index (χ0v) is 16.7. The number of fused-ring (bicyclic) bond motifs is 5. The number of aliphatic hydroxyl groups is 1. The molecule has 2 aliphatic rings. The van der Waals surface area contributed by atoms with Crippen LogP contribution in [0.15, 0.2) is 42.5 Å². The molecule has 0 radical (unpaired) electrons. The maximum Gasteiger partial charge on any atom is 0.128 e. The zero-order valence-electron chi connectivity index (χ0n) is 16.7. The van der Waals surface area contributed by atoms with Crippen LogP contribution in [0.4, 0.5) is 0 Å². The fourth-order valence-corrected chi connectivity index (χ4v) is 5.29. The molecule has 3 aromatic rings. The van der Waals surface area contributed by atoms with Crippen LogP contribution in [-0.2, 0) is 6.54 Å². The molecular weight excluding hydrogens is 346 g/mol. The van der Waals surface area contributed by atoms with E-state index in [0.717, 1.165) is 12.3 Å². The number of aromatic nitrogens is 1. The van der Waals surface area contributed by atoms with Crippen LogP contribution in [0.5, 0.6) is 5.75 Å². The third-order valence-corrected chi connectivity index (χ3v) is 6.67. The summed E-state index contributed by atoms with van der Waals surface area (Å²) in [6.45, 7) is 3.69. The number of hydrogen-bond donors (Lipinski definition) is 1. The Morgan fingerprint density at radius 3 is 2.68 bits per heavy atom. The molecule has 2 aromatic carbocycles. The minimum Gasteiger partial charge on any atom is -0.492 e. The fraction of sp³-hybridized carbons (Fsp3) is 0.440. The van der Waals surface area contributed by atoms with Crippen LogP contribution in [0.3, 0.4) is 0 Å². The van der Waals surface area contributed by atoms with Gasteiger partial charge in [0.2, 0.25) is 0 Å². The Bertz CT molecular complexity index is 997. The Balaban J connectivity index is 1.85. The van der Waals surface area contributed by atoms with Crippen molar-refractivity contribution in [2.75, 3.05) is 13.2 Å². The van der Waals surface area contributed by atoms with Gasteiger partial charge in [0.15, 0.2) is 0 Å². The molecule has 1 saturated carbocycles. The van der Waals surface area contributed by atoms with E-state index in [1.165, 1.54) is 65.4 Å². The largest absolute Gasteiger partial charge is 0.492 e. The third-order valence-electron chi connectivity index (χ3n) is 6.67. The van der Waals surface area contributed by atoms with Crippen LogP contribution in [0.2, 0.25) is 0 Å². The molecule has 3 nitrogen and oxygen atoms in total. The molecular formula is C25H29NO2. The molecule has 1 unspecified atom stereocenters. The summed E-state index contributed by atoms with van der Waals surface area (Å²) in [5.74, 6) is 1.66. The van der Waals surface area contributed by atoms with Crippen LogP contribution in [0.1, 0.15) is 49.1 Å². The summed E-state index contributed by atoms with van der Waals surface area (Å²) in [6, 6.07) is 15.2. The Labute approximate surface area is 166 Å². The molecule has 0 amide bonds. The maximum absolute atomic E-state index is 9.97. The van der Waals surface area contributed by atoms with Gasteiger partial charge in [0, 0.05) is 28.9 Å². The Morgan fingerprint density at radius 2 is 1.86 bits per heavy atom. The van der Waals surface area contributed by atoms with Crippen molar-refractivity contribution in [2.45, 2.75) is 51.5 Å². The Hall–Kier alpha value is -2.26. The van der Waals surface area contributed by atoms with Crippen molar-refractivity contribution in [2.24, 2.45) is 5.92 Å². The molecule has 28 heavy (non-hydrogen) atoms. The monoisotopic (exact) mass is 375 g/mol. The summed E-state index contributed by atoms with van der Waals surface area (Å²) in [5, 5.41) is 11.4. The van der Waals surface area contributed by atoms with Crippen LogP contribution < -0.4 is 4.74 Å². The molecule has 1 aliphatic carbocycles. The second-order valence-corrected chi connectivity index (χ2v) is 8.53. The molecule has 0 spiro atoms. The first kappa shape index (κ1) is 17.8. The van der Waals surface area contributed by atoms with Gasteiger partial charge in [-0.3, -0.25) is 0 Å². The molecule has 146 valence electrons. The Kier molecular flexibility index (Phi) is 4.64. The van der Waals surface area contributed by atoms with E-state index >= 15 is 0 Å². The van der Waals surface area contributed by atoms with Crippen LogP contribution >= 0.6 is 0 Å². The van der Waals surface area contributed by atoms with Gasteiger partial charge in [-0.2, -0.15) is 0 Å². The van der Waals surface area contributed by atoms with E-state index in [0.29, 0.717) is 12.5 Å². The highest BCUT2D eigenvalue weighted by Crippen LogP contribution is 2.47. The molecule has 1 aliphatic heterocycles. The zero-order chi connectivity index (χ0) is 19.1. The van der Waals surface area contributed by atoms with E-state index < -0.39 is 0 Å². The molecule has 5 rings (SSSR count). The number of ether oxygens (including phenoxy) is 1. The highest BCUT2D eigenvalue weighted by atomic mass is 16.5. The van der Waals surface area contributed by atoms with Crippen molar-refractivity contribution < 1.29 is 9.84 Å². The quantitative estimate of drug-likeness (QED) is 0.627. The van der Waals surface area contributed by atoms with Crippen molar-refractivity contribution in [1.82, 2.24) is 4.57 Å². The molecule has 0 saturated heterocycles. The lowest BCUT2D eigenvalue weighted by Gasteiger charge is -2.28. The van der Waals surface area contributed by atoms with E-state index in [1.807, 2.05) is 0 Å². The van der Waals surface area contributed by atoms with Gasteiger partial charge in [-0.15, -0.1) is 0 Å². The van der Waals surface area contributed by atoms with Crippen molar-refractivity contribution in [3.8, 4) is 17.0 Å². The minimum atomic E-state index is 0.0995. The molecule has 2 heterocycles. The predicted octanol–water partition coefficient (Wildman–Crippen LogP) is 5.67. The topological polar surface area (TPSA) is 34.4 Å². The van der Waals surface area contributed by atoms with E-state index in [1.54, 1.807) is 0 Å². The number of benzene rings is 2. The van der Waals surface area contributed by atoms with Gasteiger partial charge in [0.1, 0.15) is 5.75 Å². The van der Waals surface area contributed by atoms with Crippen molar-refractivity contribution in [3.05, 3.63) is 53.6 Å². The fourth-order valence-electron chi connectivity index (χ4n) is 5.29. The lowest BCUT2D eigenvalue weighted by Crippen LogP contribution is -2.24. The predicted molar refractivity (Wildman–Crippen MR) is 114 cm³/mol. The average Bonchev–Trinajstić information content (AvgIpc) is 3.03. The van der Waals surface area contributed by atoms with E-state index in [-0.39, 0.29) is 12.5 Å². The van der Waals surface area contributed by atoms with Crippen LogP contribution in [0, 0.1) is 12.8 Å². The van der Waals surface area contributed by atoms with Crippen molar-refractivity contribution in [1.29, 1.82) is 0 Å². The minimum absolute atomic E-state index is 0.0995. The molecule has 1 aromatic heterocycles. The van der Waals surface area contributed by atoms with Gasteiger partial charge in [-0.05, 0) is 48.9 Å². The molecule has 0 bridgehead atoms. The van der Waals surface area contributed by atoms with Gasteiger partial charge in [0.25, 0.3) is 0 Å². The van der Waals surface area contributed by atoms with Crippen LogP contribution in [-0.4, -0.2) is 22.9 Å². The smallest absolute Gasteiger partial charge is 0.128 e. The number of para-hydroxylation sites is 1. The van der Waals surface area contributed by atoms with E-state index in [2.05, 4.69) is 54.0 Å². The number of aryl methyl sites for hydroxylation is 1. The lowest BCUT2D eigenvalue weighted by molar-refractivity contribution is 0.148. The summed E-state index contributed by atoms with van der Waals surface area (Å²) < 4.78 is 8.72. The van der Waals surface area contributed by atoms with E-state index in [4.69, 9.17) is 4.74 Å². The summed E-state index contributed by atoms with van der Waals surface area (Å²) >= 11 is 0. The first-order valence-electron chi connectivity index (χ1n) is 10.7. The lowest BCUT2D eigenvalue weighted by atomic mass is 9.81. The van der Waals surface area contributed by atoms with Gasteiger partial charge < -0.3 is 14.4 Å². The van der Waals surface area contributed by atoms with Gasteiger partial charge in [-0.1, -0.05) is 49.6 Å². The summed E-state index contributed by atoms with van der Waals surface area (Å²) in [5.41, 5.74) is 6.65. The van der Waals surface area contributed by atoms with Crippen molar-refractivity contribution >= 4 is 10.9 Å². The second kappa shape index (κ2) is 7.29. The highest BCUT2D eigenvalue weighted by molar-refractivity contribution is 5.94. The number of rotatable bonds is 2. The normalized spacial score (nSPS) is 20.1. The third kappa shape index (κ3) is 2.84. The average molecular weight is 376 g/mol. The summed E-state index contributed by atoms with van der Waals surface area (Å²) in [6.07, 6.45) is 6.54. The number of hydrogen-bond acceptors (Lipinski definition) is 2. The Morgan fingerprint density at radius 1 is 1.04 bits per heavy atom. The standard InChI is InChI=1S/C25H29NO2/c1-17-8-7-13-22-23(17)25-24(19-9-3-2-4-10-19)20-11-5-6-12-21(20)26(25)14-18(15-27)16-28-22/h5-8,11-13,18-19,27H,2-4,9-10,14-16H2,1H3. The van der Waals surface area contributed by atoms with Crippen molar-refractivity contribution in [3.63, 3.8) is 0 Å². The maximum atomic E-state index is 9.97. The molecule has 1 fully saturated rings. The van der Waals surface area contributed by atoms with Gasteiger partial charge in [-0.25, -0.2) is 0 Å². The number of nitrogens with zero attached hydrogens (tertiary/aromatic N) is 1. The highest BCUT2D eigenvalue weighted by Gasteiger charge is 2.30. The van der Waals surface area contributed by atoms with Gasteiger partial charge >= 0.3 is 0 Å². The first-order valence-corrected chi connectivity index (χ1v) is 10.7. The first-order chi connectivity index (χ1) is 13.8. The van der Waals surface area contributed by atoms with Crippen LogP contribution in [0.25, 0.3) is 22.2 Å².